The molecule has 9 heteroatoms. The van der Waals surface area contributed by atoms with Crippen molar-refractivity contribution in [3.05, 3.63) is 50.1 Å². The van der Waals surface area contributed by atoms with Gasteiger partial charge in [-0.25, -0.2) is 0 Å². The van der Waals surface area contributed by atoms with E-state index in [0.717, 1.165) is 9.35 Å². The maximum absolute atomic E-state index is 13.5. The summed E-state index contributed by atoms with van der Waals surface area (Å²) >= 11 is 4.97. The van der Waals surface area contributed by atoms with Crippen LogP contribution in [0.4, 0.5) is 0 Å². The second kappa shape index (κ2) is 7.40. The summed E-state index contributed by atoms with van der Waals surface area (Å²) in [6, 6.07) is 4.10. The number of likely N-dealkylation sites (N-methyl/N-ethyl adjacent to an activating group) is 2. The van der Waals surface area contributed by atoms with Crippen LogP contribution in [0, 0.1) is 0 Å². The average Bonchev–Trinajstić information content (AvgIpc) is 3.38. The lowest BCUT2D eigenvalue weighted by atomic mass is 9.48. The van der Waals surface area contributed by atoms with Crippen molar-refractivity contribution in [2.45, 2.75) is 48.5 Å². The lowest BCUT2D eigenvalue weighted by molar-refractivity contribution is -0.184. The number of aromatic hydroxyl groups is 1. The first-order valence-corrected chi connectivity index (χ1v) is 13.0. The summed E-state index contributed by atoms with van der Waals surface area (Å²) in [6.07, 6.45) is 4.23. The Kier molecular flexibility index (Phi) is 4.85. The number of aliphatic hydroxyl groups is 1. The van der Waals surface area contributed by atoms with Gasteiger partial charge in [0, 0.05) is 39.0 Å². The zero-order valence-electron chi connectivity index (χ0n) is 18.8. The largest absolute Gasteiger partial charge is 0.504 e. The average molecular weight is 545 g/mol. The summed E-state index contributed by atoms with van der Waals surface area (Å²) in [4.78, 5) is 31.3. The predicted molar refractivity (Wildman–Crippen MR) is 131 cm³/mol. The van der Waals surface area contributed by atoms with Gasteiger partial charge in [-0.1, -0.05) is 0 Å². The number of carbonyl (C=O) groups excluding carboxylic acids is 2. The Labute approximate surface area is 209 Å². The Bertz CT molecular complexity index is 1260. The molecule has 1 saturated heterocycles. The van der Waals surface area contributed by atoms with Crippen LogP contribution in [0.2, 0.25) is 0 Å². The number of carbonyl (C=O) groups is 2. The molecule has 2 aromatic rings. The van der Waals surface area contributed by atoms with Crippen LogP contribution >= 0.6 is 27.3 Å². The Hall–Kier alpha value is -2.20. The molecule has 1 aromatic carbocycles. The van der Waals surface area contributed by atoms with Gasteiger partial charge in [-0.3, -0.25) is 14.5 Å². The number of piperidine rings is 1. The number of ketones is 1. The molecule has 0 radical (unpaired) electrons. The Balaban J connectivity index is 1.42. The molecule has 6 rings (SSSR count). The molecule has 0 unspecified atom stereocenters. The van der Waals surface area contributed by atoms with Crippen molar-refractivity contribution in [1.29, 1.82) is 0 Å². The number of ether oxygens (including phenoxy) is 1. The van der Waals surface area contributed by atoms with Crippen molar-refractivity contribution in [3.8, 4) is 11.5 Å². The van der Waals surface area contributed by atoms with E-state index < -0.39 is 23.2 Å². The second-order valence-electron chi connectivity index (χ2n) is 9.82. The summed E-state index contributed by atoms with van der Waals surface area (Å²) in [6.45, 7) is 0.616. The molecule has 3 heterocycles. The van der Waals surface area contributed by atoms with Gasteiger partial charge in [-0.2, -0.15) is 0 Å². The minimum atomic E-state index is -1.33. The number of likely N-dealkylation sites (tertiary alicyclic amines) is 1. The molecule has 2 fully saturated rings. The zero-order valence-corrected chi connectivity index (χ0v) is 21.2. The molecule has 1 amide bonds. The van der Waals surface area contributed by atoms with E-state index in [1.54, 1.807) is 41.5 Å². The van der Waals surface area contributed by atoms with Gasteiger partial charge in [0.1, 0.15) is 17.7 Å². The van der Waals surface area contributed by atoms with E-state index in [1.807, 2.05) is 23.4 Å². The Morgan fingerprint density at radius 2 is 2.18 bits per heavy atom. The van der Waals surface area contributed by atoms with Crippen LogP contribution in [0.3, 0.4) is 0 Å². The van der Waals surface area contributed by atoms with Gasteiger partial charge in [-0.05, 0) is 73.1 Å². The number of benzene rings is 1. The molecule has 1 saturated carbocycles. The third-order valence-electron chi connectivity index (χ3n) is 8.35. The highest BCUT2D eigenvalue weighted by atomic mass is 79.9. The van der Waals surface area contributed by atoms with Crippen LogP contribution in [0.5, 0.6) is 11.5 Å². The van der Waals surface area contributed by atoms with E-state index in [-0.39, 0.29) is 29.2 Å². The molecule has 5 atom stereocenters. The minimum Gasteiger partial charge on any atom is -0.504 e. The molecule has 4 aliphatic rings. The van der Waals surface area contributed by atoms with E-state index in [0.29, 0.717) is 36.9 Å². The van der Waals surface area contributed by atoms with Crippen molar-refractivity contribution in [3.63, 3.8) is 0 Å². The molecule has 1 spiro atoms. The molecule has 2 aliphatic carbocycles. The van der Waals surface area contributed by atoms with E-state index >= 15 is 0 Å². The van der Waals surface area contributed by atoms with Crippen LogP contribution in [0.15, 0.2) is 34.1 Å². The maximum atomic E-state index is 13.5. The van der Waals surface area contributed by atoms with Crippen LogP contribution in [0.25, 0.3) is 6.08 Å². The number of hydrogen-bond acceptors (Lipinski definition) is 7. The van der Waals surface area contributed by atoms with Crippen LogP contribution < -0.4 is 4.74 Å². The third kappa shape index (κ3) is 2.69. The number of rotatable bonds is 3. The number of nitrogens with zero attached hydrogens (tertiary/aromatic N) is 2. The fourth-order valence-electron chi connectivity index (χ4n) is 6.84. The molecule has 2 aliphatic heterocycles. The normalized spacial score (nSPS) is 33.6. The van der Waals surface area contributed by atoms with Crippen LogP contribution in [-0.4, -0.2) is 76.1 Å². The van der Waals surface area contributed by atoms with Gasteiger partial charge in [0.25, 0.3) is 0 Å². The van der Waals surface area contributed by atoms with Crippen molar-refractivity contribution < 1.29 is 24.5 Å². The van der Waals surface area contributed by atoms with E-state index in [9.17, 15) is 19.8 Å². The van der Waals surface area contributed by atoms with Gasteiger partial charge in [0.05, 0.1) is 11.5 Å². The lowest BCUT2D eigenvalue weighted by Gasteiger charge is -2.63. The van der Waals surface area contributed by atoms with Crippen molar-refractivity contribution >= 4 is 45.0 Å². The fourth-order valence-corrected chi connectivity index (χ4v) is 8.18. The molecule has 1 aromatic heterocycles. The number of amides is 1. The minimum absolute atomic E-state index is 0.0362. The Morgan fingerprint density at radius 3 is 2.91 bits per heavy atom. The number of hydrogen-bond donors (Lipinski definition) is 2. The number of phenols is 1. The van der Waals surface area contributed by atoms with Gasteiger partial charge in [-0.15, -0.1) is 11.3 Å². The summed E-state index contributed by atoms with van der Waals surface area (Å²) < 4.78 is 7.38. The SMILES string of the molecule is CN1CC[C@]23c4c5ccc(O)c4O[C@H]2[C@H](N(C)C(=O)/C=C/c2cc(Br)cs2)CC[C@@]3(O)[C@H]1C5=O. The third-order valence-corrected chi connectivity index (χ3v) is 10.0. The quantitative estimate of drug-likeness (QED) is 0.577. The summed E-state index contributed by atoms with van der Waals surface area (Å²) in [5.41, 5.74) is -1.05. The first kappa shape index (κ1) is 22.3. The molecule has 2 bridgehead atoms. The highest BCUT2D eigenvalue weighted by Gasteiger charge is 2.75. The topological polar surface area (TPSA) is 90.3 Å². The number of thiophene rings is 1. The zero-order chi connectivity index (χ0) is 24.0. The van der Waals surface area contributed by atoms with Gasteiger partial charge in [0.15, 0.2) is 17.3 Å². The van der Waals surface area contributed by atoms with E-state index in [1.165, 1.54) is 6.07 Å². The molecular weight excluding hydrogens is 520 g/mol. The summed E-state index contributed by atoms with van der Waals surface area (Å²) in [7, 11) is 3.64. The lowest BCUT2D eigenvalue weighted by Crippen LogP contribution is -2.79. The predicted octanol–water partition coefficient (Wildman–Crippen LogP) is 3.18. The standard InChI is InChI=1S/C25H25BrN2O5S/c1-27-10-9-24-19-15-4-5-17(29)21(19)33-23(24)16(7-8-25(24,32)22(27)20(15)31)28(2)18(30)6-3-14-11-13(26)12-34-14/h3-6,11-12,16,22-23,29,32H,7-10H2,1-2H3/b6-3+/t16-,22-,23+,24+,25-/m1/s1. The van der Waals surface area contributed by atoms with E-state index in [4.69, 9.17) is 4.74 Å². The second-order valence-corrected chi connectivity index (χ2v) is 11.7. The number of halogens is 1. The van der Waals surface area contributed by atoms with Crippen molar-refractivity contribution in [2.24, 2.45) is 0 Å². The summed E-state index contributed by atoms with van der Waals surface area (Å²) in [5, 5.41) is 24.8. The maximum Gasteiger partial charge on any atom is 0.246 e. The highest BCUT2D eigenvalue weighted by molar-refractivity contribution is 9.10. The molecule has 34 heavy (non-hydrogen) atoms. The highest BCUT2D eigenvalue weighted by Crippen LogP contribution is 2.65. The van der Waals surface area contributed by atoms with Crippen molar-refractivity contribution in [1.82, 2.24) is 9.80 Å². The molecular formula is C25H25BrN2O5S. The Morgan fingerprint density at radius 1 is 1.38 bits per heavy atom. The van der Waals surface area contributed by atoms with Crippen molar-refractivity contribution in [2.75, 3.05) is 20.6 Å². The first-order valence-electron chi connectivity index (χ1n) is 11.4. The van der Waals surface area contributed by atoms with Crippen LogP contribution in [0.1, 0.15) is 40.1 Å². The molecule has 7 nitrogen and oxygen atoms in total. The molecule has 178 valence electrons. The van der Waals surface area contributed by atoms with E-state index in [2.05, 4.69) is 15.9 Å². The summed E-state index contributed by atoms with van der Waals surface area (Å²) in [5.74, 6) is -0.0413. The first-order chi connectivity index (χ1) is 16.2. The monoisotopic (exact) mass is 544 g/mol. The smallest absolute Gasteiger partial charge is 0.246 e. The number of Topliss-reactive ketones (excluding diaryl/α,β-unsaturated/α-hetero) is 1. The van der Waals surface area contributed by atoms with Gasteiger partial charge in [0.2, 0.25) is 5.91 Å². The molecule has 2 N–H and O–H groups in total. The van der Waals surface area contributed by atoms with Crippen LogP contribution in [-0.2, 0) is 10.2 Å². The number of phenolic OH excluding ortho intramolecular Hbond substituents is 1. The fraction of sp³-hybridized carbons (Fsp3) is 0.440. The van der Waals surface area contributed by atoms with Gasteiger partial charge >= 0.3 is 0 Å². The van der Waals surface area contributed by atoms with Gasteiger partial charge < -0.3 is 19.8 Å².